The van der Waals surface area contributed by atoms with Crippen LogP contribution in [0.25, 0.3) is 5.57 Å². The minimum Gasteiger partial charge on any atom is -0.487 e. The average Bonchev–Trinajstić information content (AvgIpc) is 3.30. The molecule has 158 valence electrons. The summed E-state index contributed by atoms with van der Waals surface area (Å²) >= 11 is 0. The largest absolute Gasteiger partial charge is 0.487 e. The fourth-order valence-corrected chi connectivity index (χ4v) is 4.20. The summed E-state index contributed by atoms with van der Waals surface area (Å²) < 4.78 is 6.11. The molecule has 2 aromatic rings. The van der Waals surface area contributed by atoms with E-state index in [1.165, 1.54) is 6.20 Å². The number of nitrogens with two attached hydrogens (primary N) is 1. The lowest BCUT2D eigenvalue weighted by Crippen LogP contribution is -2.33. The monoisotopic (exact) mass is 409 g/mol. The smallest absolute Gasteiger partial charge is 0.261 e. The molecule has 4 N–H and O–H groups in total. The van der Waals surface area contributed by atoms with Crippen molar-refractivity contribution >= 4 is 22.9 Å². The highest BCUT2D eigenvalue weighted by Gasteiger charge is 2.34. The molecule has 8 nitrogen and oxygen atoms in total. The molecule has 0 bridgehead atoms. The number of carbonyl (C=O) groups excluding carboxylic acids is 1. The molecule has 4 rings (SSSR count). The number of fused-ring (bicyclic) bond motifs is 1. The van der Waals surface area contributed by atoms with Crippen molar-refractivity contribution in [1.29, 1.82) is 0 Å². The average molecular weight is 409 g/mol. The molecular weight excluding hydrogens is 382 g/mol. The summed E-state index contributed by atoms with van der Waals surface area (Å²) in [6.07, 6.45) is 6.98. The number of benzene rings is 1. The van der Waals surface area contributed by atoms with Crippen LogP contribution in [-0.4, -0.2) is 45.8 Å². The molecule has 1 atom stereocenters. The standard InChI is InChI=1S/C22H27N5O3/c1-22(2)11-14-9-17(26-21(29)16(12-23)20-24-6-4-7-25-20)18(10-19(14)30-22)27-8-3-5-15(27)13-28/h4,6-7,9-10,12,15,28H,3,5,8,11,13,23H2,1-2H3,(H,26,29). The van der Waals surface area contributed by atoms with E-state index in [1.54, 1.807) is 18.5 Å². The fraction of sp³-hybridized carbons (Fsp3) is 0.409. The van der Waals surface area contributed by atoms with Crippen molar-refractivity contribution in [2.24, 2.45) is 5.73 Å². The number of nitrogens with one attached hydrogen (secondary N) is 1. The molecule has 1 amide bonds. The SMILES string of the molecule is CC1(C)Cc2cc(NC(=O)C(=CN)c3ncccn3)c(N3CCCC3CO)cc2O1. The van der Waals surface area contributed by atoms with Crippen molar-refractivity contribution in [2.45, 2.75) is 44.8 Å². The van der Waals surface area contributed by atoms with Crippen LogP contribution in [0.1, 0.15) is 38.1 Å². The first kappa shape index (κ1) is 20.2. The van der Waals surface area contributed by atoms with Gasteiger partial charge >= 0.3 is 0 Å². The molecule has 1 aromatic heterocycles. The third-order valence-corrected chi connectivity index (χ3v) is 5.54. The minimum absolute atomic E-state index is 0.00935. The number of hydrogen-bond acceptors (Lipinski definition) is 7. The molecule has 1 aromatic carbocycles. The summed E-state index contributed by atoms with van der Waals surface area (Å²) in [5, 5.41) is 12.8. The van der Waals surface area contributed by atoms with E-state index in [1.807, 2.05) is 26.0 Å². The van der Waals surface area contributed by atoms with Crippen molar-refractivity contribution in [1.82, 2.24) is 9.97 Å². The van der Waals surface area contributed by atoms with Gasteiger partial charge in [-0.1, -0.05) is 0 Å². The zero-order chi connectivity index (χ0) is 21.3. The van der Waals surface area contributed by atoms with E-state index in [-0.39, 0.29) is 35.6 Å². The molecule has 0 aliphatic carbocycles. The van der Waals surface area contributed by atoms with Gasteiger partial charge in [-0.25, -0.2) is 9.97 Å². The van der Waals surface area contributed by atoms with E-state index in [2.05, 4.69) is 20.2 Å². The topological polar surface area (TPSA) is 114 Å². The van der Waals surface area contributed by atoms with Gasteiger partial charge in [0.25, 0.3) is 5.91 Å². The maximum Gasteiger partial charge on any atom is 0.261 e. The molecule has 3 heterocycles. The van der Waals surface area contributed by atoms with Crippen LogP contribution in [0.3, 0.4) is 0 Å². The summed E-state index contributed by atoms with van der Waals surface area (Å²) in [5.41, 5.74) is 8.15. The molecular formula is C22H27N5O3. The maximum absolute atomic E-state index is 13.1. The molecule has 1 saturated heterocycles. The normalized spacial score (nSPS) is 20.0. The van der Waals surface area contributed by atoms with Gasteiger partial charge in [-0.2, -0.15) is 0 Å². The predicted molar refractivity (Wildman–Crippen MR) is 115 cm³/mol. The van der Waals surface area contributed by atoms with Crippen molar-refractivity contribution < 1.29 is 14.6 Å². The Labute approximate surface area is 175 Å². The van der Waals surface area contributed by atoms with Gasteiger partial charge in [0.1, 0.15) is 11.4 Å². The Balaban J connectivity index is 1.70. The van der Waals surface area contributed by atoms with E-state index < -0.39 is 0 Å². The maximum atomic E-state index is 13.1. The molecule has 2 aliphatic rings. The lowest BCUT2D eigenvalue weighted by Gasteiger charge is -2.28. The van der Waals surface area contributed by atoms with Crippen LogP contribution in [0.15, 0.2) is 36.8 Å². The number of nitrogens with zero attached hydrogens (tertiary/aromatic N) is 3. The van der Waals surface area contributed by atoms with Gasteiger partial charge in [-0.15, -0.1) is 0 Å². The van der Waals surface area contributed by atoms with E-state index in [0.717, 1.165) is 42.8 Å². The number of ether oxygens (including phenoxy) is 1. The summed E-state index contributed by atoms with van der Waals surface area (Å²) in [7, 11) is 0. The first-order valence-electron chi connectivity index (χ1n) is 10.2. The van der Waals surface area contributed by atoms with Crippen LogP contribution in [0.2, 0.25) is 0 Å². The van der Waals surface area contributed by atoms with Gasteiger partial charge in [-0.3, -0.25) is 4.79 Å². The molecule has 1 fully saturated rings. The second-order valence-electron chi connectivity index (χ2n) is 8.29. The van der Waals surface area contributed by atoms with Gasteiger partial charge in [0.2, 0.25) is 0 Å². The second kappa shape index (κ2) is 7.95. The van der Waals surface area contributed by atoms with Gasteiger partial charge in [-0.05, 0) is 38.8 Å². The van der Waals surface area contributed by atoms with Crippen LogP contribution < -0.4 is 20.7 Å². The Morgan fingerprint density at radius 2 is 2.17 bits per heavy atom. The van der Waals surface area contributed by atoms with Crippen molar-refractivity contribution in [3.63, 3.8) is 0 Å². The predicted octanol–water partition coefficient (Wildman–Crippen LogP) is 2.09. The highest BCUT2D eigenvalue weighted by atomic mass is 16.5. The first-order valence-corrected chi connectivity index (χ1v) is 10.2. The van der Waals surface area contributed by atoms with Crippen LogP contribution in [0, 0.1) is 0 Å². The van der Waals surface area contributed by atoms with Crippen molar-refractivity contribution in [3.8, 4) is 5.75 Å². The highest BCUT2D eigenvalue weighted by molar-refractivity contribution is 6.24. The summed E-state index contributed by atoms with van der Waals surface area (Å²) in [5.74, 6) is 0.694. The Morgan fingerprint density at radius 1 is 1.40 bits per heavy atom. The van der Waals surface area contributed by atoms with Gasteiger partial charge in [0.15, 0.2) is 5.82 Å². The van der Waals surface area contributed by atoms with Crippen LogP contribution in [-0.2, 0) is 11.2 Å². The Kier molecular flexibility index (Phi) is 5.34. The molecule has 30 heavy (non-hydrogen) atoms. The van der Waals surface area contributed by atoms with Gasteiger partial charge in [0, 0.05) is 43.2 Å². The number of amides is 1. The molecule has 8 heteroatoms. The molecule has 0 spiro atoms. The number of rotatable bonds is 5. The second-order valence-corrected chi connectivity index (χ2v) is 8.29. The zero-order valence-electron chi connectivity index (χ0n) is 17.3. The van der Waals surface area contributed by atoms with Gasteiger partial charge < -0.3 is 25.8 Å². The molecule has 2 aliphatic heterocycles. The first-order chi connectivity index (χ1) is 14.4. The van der Waals surface area contributed by atoms with E-state index in [4.69, 9.17) is 10.5 Å². The Bertz CT molecular complexity index is 974. The third kappa shape index (κ3) is 3.82. The Morgan fingerprint density at radius 3 is 2.87 bits per heavy atom. The number of carbonyl (C=O) groups is 1. The summed E-state index contributed by atoms with van der Waals surface area (Å²) in [6, 6.07) is 5.62. The molecule has 0 radical (unpaired) electrons. The number of aliphatic hydroxyl groups excluding tert-OH is 1. The summed E-state index contributed by atoms with van der Waals surface area (Å²) in [4.78, 5) is 23.4. The number of anilines is 2. The lowest BCUT2D eigenvalue weighted by molar-refractivity contribution is -0.111. The fourth-order valence-electron chi connectivity index (χ4n) is 4.20. The van der Waals surface area contributed by atoms with E-state index >= 15 is 0 Å². The number of aromatic nitrogens is 2. The van der Waals surface area contributed by atoms with Crippen molar-refractivity contribution in [3.05, 3.63) is 48.2 Å². The van der Waals surface area contributed by atoms with Crippen LogP contribution in [0.5, 0.6) is 5.75 Å². The molecule has 1 unspecified atom stereocenters. The summed E-state index contributed by atoms with van der Waals surface area (Å²) in [6.45, 7) is 4.94. The third-order valence-electron chi connectivity index (χ3n) is 5.54. The van der Waals surface area contributed by atoms with Crippen molar-refractivity contribution in [2.75, 3.05) is 23.4 Å². The number of hydrogen-bond donors (Lipinski definition) is 3. The molecule has 0 saturated carbocycles. The highest BCUT2D eigenvalue weighted by Crippen LogP contribution is 2.43. The van der Waals surface area contributed by atoms with Crippen LogP contribution in [0.4, 0.5) is 11.4 Å². The van der Waals surface area contributed by atoms with Gasteiger partial charge in [0.05, 0.1) is 29.6 Å². The van der Waals surface area contributed by atoms with E-state index in [9.17, 15) is 9.90 Å². The van der Waals surface area contributed by atoms with E-state index in [0.29, 0.717) is 5.69 Å². The Hall–Kier alpha value is -3.13. The number of aliphatic hydroxyl groups is 1. The van der Waals surface area contributed by atoms with Crippen LogP contribution >= 0.6 is 0 Å². The lowest BCUT2D eigenvalue weighted by atomic mass is 10.0. The zero-order valence-corrected chi connectivity index (χ0v) is 17.3. The quantitative estimate of drug-likeness (QED) is 0.648. The minimum atomic E-state index is -0.386.